The zero-order chi connectivity index (χ0) is 10.1. The van der Waals surface area contributed by atoms with E-state index in [1.807, 2.05) is 9.78 Å². The fraction of sp³-hybridized carbons (Fsp3) is 0.250. The van der Waals surface area contributed by atoms with E-state index in [1.54, 1.807) is 6.20 Å². The van der Waals surface area contributed by atoms with Gasteiger partial charge in [0.25, 0.3) is 0 Å². The molecule has 0 aliphatic rings. The number of carboxylic acids is 1. The number of halogens is 1. The Labute approximate surface area is 92.3 Å². The second-order valence-corrected chi connectivity index (χ2v) is 4.47. The molecule has 0 saturated carbocycles. The van der Waals surface area contributed by atoms with Gasteiger partial charge in [0.05, 0.1) is 12.6 Å². The molecule has 0 spiro atoms. The van der Waals surface area contributed by atoms with Crippen molar-refractivity contribution in [2.75, 3.05) is 0 Å². The second-order valence-electron chi connectivity index (χ2n) is 2.82. The number of thiazole rings is 1. The van der Waals surface area contributed by atoms with Gasteiger partial charge in [-0.1, -0.05) is 0 Å². The molecule has 0 aromatic carbocycles. The largest absolute Gasteiger partial charge is 0.481 e. The molecule has 0 saturated heterocycles. The number of hydrogen-bond acceptors (Lipinski definition) is 3. The molecule has 2 heterocycles. The summed E-state index contributed by atoms with van der Waals surface area (Å²) in [5.74, 6) is -0.777. The topological polar surface area (TPSA) is 54.6 Å². The Hall–Kier alpha value is -0.880. The number of aromatic nitrogens is 2. The first-order valence-corrected chi connectivity index (χ1v) is 5.67. The van der Waals surface area contributed by atoms with Crippen molar-refractivity contribution in [1.29, 1.82) is 0 Å². The number of hydrogen-bond donors (Lipinski definition) is 1. The van der Waals surface area contributed by atoms with Crippen molar-refractivity contribution in [2.45, 2.75) is 12.8 Å². The average Bonchev–Trinajstić information content (AvgIpc) is 2.66. The molecular weight excluding hydrogens is 268 g/mol. The molecule has 2 rings (SSSR count). The Morgan fingerprint density at radius 1 is 1.71 bits per heavy atom. The summed E-state index contributed by atoms with van der Waals surface area (Å²) < 4.78 is 2.79. The molecule has 14 heavy (non-hydrogen) atoms. The van der Waals surface area contributed by atoms with E-state index in [0.717, 1.165) is 15.3 Å². The number of aliphatic carboxylic acids is 1. The third-order valence-electron chi connectivity index (χ3n) is 1.87. The molecule has 0 fully saturated rings. The van der Waals surface area contributed by atoms with Gasteiger partial charge in [0, 0.05) is 11.1 Å². The van der Waals surface area contributed by atoms with E-state index >= 15 is 0 Å². The molecule has 0 amide bonds. The van der Waals surface area contributed by atoms with Gasteiger partial charge in [0.15, 0.2) is 4.96 Å². The Bertz CT molecular complexity index is 477. The summed E-state index contributed by atoms with van der Waals surface area (Å²) in [4.78, 5) is 15.5. The predicted octanol–water partition coefficient (Wildman–Crippen LogP) is 2.18. The normalized spacial score (nSPS) is 10.9. The van der Waals surface area contributed by atoms with Gasteiger partial charge in [-0.15, -0.1) is 11.3 Å². The van der Waals surface area contributed by atoms with E-state index in [4.69, 9.17) is 5.11 Å². The molecule has 0 unspecified atom stereocenters. The van der Waals surface area contributed by atoms with Gasteiger partial charge in [-0.2, -0.15) is 0 Å². The van der Waals surface area contributed by atoms with Crippen molar-refractivity contribution < 1.29 is 9.90 Å². The summed E-state index contributed by atoms with van der Waals surface area (Å²) in [6.07, 6.45) is 2.40. The highest BCUT2D eigenvalue weighted by atomic mass is 79.9. The SMILES string of the molecule is O=C(O)CCc1csc2ncc(Br)n12. The summed E-state index contributed by atoms with van der Waals surface area (Å²) in [5.41, 5.74) is 0.983. The molecule has 74 valence electrons. The van der Waals surface area contributed by atoms with E-state index in [0.29, 0.717) is 6.42 Å². The lowest BCUT2D eigenvalue weighted by Crippen LogP contribution is -1.99. The quantitative estimate of drug-likeness (QED) is 0.934. The summed E-state index contributed by atoms with van der Waals surface area (Å²) in [6.45, 7) is 0. The third-order valence-corrected chi connectivity index (χ3v) is 3.32. The fourth-order valence-corrected chi connectivity index (χ4v) is 2.75. The lowest BCUT2D eigenvalue weighted by molar-refractivity contribution is -0.136. The minimum atomic E-state index is -0.777. The molecule has 4 nitrogen and oxygen atoms in total. The van der Waals surface area contributed by atoms with Crippen LogP contribution in [0.15, 0.2) is 16.2 Å². The maximum atomic E-state index is 10.4. The Balaban J connectivity index is 2.32. The predicted molar refractivity (Wildman–Crippen MR) is 56.7 cm³/mol. The molecule has 2 aromatic heterocycles. The van der Waals surface area contributed by atoms with Gasteiger partial charge in [0.1, 0.15) is 4.60 Å². The van der Waals surface area contributed by atoms with Crippen molar-refractivity contribution in [2.24, 2.45) is 0 Å². The van der Waals surface area contributed by atoms with Crippen LogP contribution in [-0.2, 0) is 11.2 Å². The lowest BCUT2D eigenvalue weighted by Gasteiger charge is -1.96. The number of nitrogens with zero attached hydrogens (tertiary/aromatic N) is 2. The van der Waals surface area contributed by atoms with Crippen LogP contribution in [0.25, 0.3) is 4.96 Å². The fourth-order valence-electron chi connectivity index (χ4n) is 1.24. The number of carboxylic acid groups (broad SMARTS) is 1. The highest BCUT2D eigenvalue weighted by Gasteiger charge is 2.09. The Morgan fingerprint density at radius 2 is 2.50 bits per heavy atom. The van der Waals surface area contributed by atoms with Crippen molar-refractivity contribution in [3.63, 3.8) is 0 Å². The molecule has 6 heteroatoms. The van der Waals surface area contributed by atoms with Crippen LogP contribution in [0.2, 0.25) is 0 Å². The van der Waals surface area contributed by atoms with E-state index in [-0.39, 0.29) is 6.42 Å². The van der Waals surface area contributed by atoms with Crippen LogP contribution in [-0.4, -0.2) is 20.5 Å². The van der Waals surface area contributed by atoms with Crippen LogP contribution >= 0.6 is 27.3 Å². The standard InChI is InChI=1S/C8H7BrN2O2S/c9-6-3-10-8-11(6)5(4-14-8)1-2-7(12)13/h3-4H,1-2H2,(H,12,13). The average molecular weight is 275 g/mol. The van der Waals surface area contributed by atoms with Gasteiger partial charge < -0.3 is 5.11 Å². The molecule has 0 aliphatic carbocycles. The smallest absolute Gasteiger partial charge is 0.303 e. The molecule has 1 N–H and O–H groups in total. The maximum absolute atomic E-state index is 10.4. The highest BCUT2D eigenvalue weighted by Crippen LogP contribution is 2.22. The monoisotopic (exact) mass is 274 g/mol. The van der Waals surface area contributed by atoms with Gasteiger partial charge in [-0.3, -0.25) is 9.20 Å². The van der Waals surface area contributed by atoms with Gasteiger partial charge >= 0.3 is 5.97 Å². The molecule has 2 aromatic rings. The lowest BCUT2D eigenvalue weighted by atomic mass is 10.2. The second kappa shape index (κ2) is 3.70. The zero-order valence-electron chi connectivity index (χ0n) is 7.11. The summed E-state index contributed by atoms with van der Waals surface area (Å²) >= 11 is 4.88. The minimum Gasteiger partial charge on any atom is -0.481 e. The summed E-state index contributed by atoms with van der Waals surface area (Å²) in [7, 11) is 0. The zero-order valence-corrected chi connectivity index (χ0v) is 9.51. The molecule has 0 atom stereocenters. The maximum Gasteiger partial charge on any atom is 0.303 e. The van der Waals surface area contributed by atoms with E-state index < -0.39 is 5.97 Å². The van der Waals surface area contributed by atoms with Gasteiger partial charge in [-0.25, -0.2) is 4.98 Å². The number of aryl methyl sites for hydroxylation is 1. The van der Waals surface area contributed by atoms with Crippen LogP contribution in [0, 0.1) is 0 Å². The van der Waals surface area contributed by atoms with Gasteiger partial charge in [0.2, 0.25) is 0 Å². The van der Waals surface area contributed by atoms with Crippen molar-refractivity contribution in [3.05, 3.63) is 21.9 Å². The summed E-state index contributed by atoms with van der Waals surface area (Å²) in [5, 5.41) is 10.5. The molecule has 0 radical (unpaired) electrons. The van der Waals surface area contributed by atoms with Crippen molar-refractivity contribution >= 4 is 38.2 Å². The van der Waals surface area contributed by atoms with E-state index in [1.165, 1.54) is 11.3 Å². The van der Waals surface area contributed by atoms with Crippen molar-refractivity contribution in [1.82, 2.24) is 9.38 Å². The molecule has 0 bridgehead atoms. The van der Waals surface area contributed by atoms with Crippen LogP contribution in [0.5, 0.6) is 0 Å². The molecular formula is C8H7BrN2O2S. The minimum absolute atomic E-state index is 0.149. The number of carbonyl (C=O) groups is 1. The number of rotatable bonds is 3. The Morgan fingerprint density at radius 3 is 3.21 bits per heavy atom. The molecule has 0 aliphatic heterocycles. The van der Waals surface area contributed by atoms with Crippen LogP contribution in [0.3, 0.4) is 0 Å². The van der Waals surface area contributed by atoms with Crippen molar-refractivity contribution in [3.8, 4) is 0 Å². The Kier molecular flexibility index (Phi) is 2.56. The third kappa shape index (κ3) is 1.67. The van der Waals surface area contributed by atoms with Crippen LogP contribution in [0.4, 0.5) is 0 Å². The van der Waals surface area contributed by atoms with E-state index in [2.05, 4.69) is 20.9 Å². The van der Waals surface area contributed by atoms with Crippen LogP contribution in [0.1, 0.15) is 12.1 Å². The van der Waals surface area contributed by atoms with E-state index in [9.17, 15) is 4.79 Å². The first-order valence-electron chi connectivity index (χ1n) is 3.99. The summed E-state index contributed by atoms with van der Waals surface area (Å²) in [6, 6.07) is 0. The first kappa shape index (κ1) is 9.67. The first-order chi connectivity index (χ1) is 6.68. The number of fused-ring (bicyclic) bond motifs is 1. The van der Waals surface area contributed by atoms with Gasteiger partial charge in [-0.05, 0) is 22.4 Å². The highest BCUT2D eigenvalue weighted by molar-refractivity contribution is 9.10. The number of imidazole rings is 1. The van der Waals surface area contributed by atoms with Crippen LogP contribution < -0.4 is 0 Å².